The smallest absolute Gasteiger partial charge is 0.254 e. The van der Waals surface area contributed by atoms with E-state index in [1.807, 2.05) is 6.92 Å². The fraction of sp³-hybridized carbons (Fsp3) is 0.250. The van der Waals surface area contributed by atoms with Crippen LogP contribution in [0.5, 0.6) is 11.5 Å². The highest BCUT2D eigenvalue weighted by Crippen LogP contribution is 2.32. The molecule has 1 aliphatic heterocycles. The summed E-state index contributed by atoms with van der Waals surface area (Å²) >= 11 is 0. The third-order valence-electron chi connectivity index (χ3n) is 4.54. The maximum absolute atomic E-state index is 12.9. The average Bonchev–Trinajstić information content (AvgIpc) is 3.32. The molecule has 0 radical (unpaired) electrons. The molecule has 0 saturated carbocycles. The number of benzene rings is 2. The van der Waals surface area contributed by atoms with Crippen LogP contribution in [0.1, 0.15) is 17.3 Å². The Kier molecular flexibility index (Phi) is 5.55. The summed E-state index contributed by atoms with van der Waals surface area (Å²) in [7, 11) is 0. The van der Waals surface area contributed by atoms with Gasteiger partial charge in [-0.2, -0.15) is 0 Å². The molecule has 0 aliphatic carbocycles. The molecule has 0 bridgehead atoms. The van der Waals surface area contributed by atoms with Gasteiger partial charge in [0.05, 0.1) is 5.69 Å². The van der Waals surface area contributed by atoms with Crippen LogP contribution in [0.3, 0.4) is 0 Å². The van der Waals surface area contributed by atoms with Gasteiger partial charge in [0.15, 0.2) is 11.5 Å². The van der Waals surface area contributed by atoms with Crippen molar-refractivity contribution in [3.05, 3.63) is 54.4 Å². The molecular weight excluding hydrogens is 388 g/mol. The standard InChI is InChI=1S/C20H20N6O4/c1-2-25(20(28)14-4-3-5-16(10-14)26-13-21-23-24-26)12-19(27)22-15-6-7-17-18(11-15)30-9-8-29-17/h3-7,10-11,13H,2,8-9,12H2,1H3,(H,22,27). The van der Waals surface area contributed by atoms with Gasteiger partial charge in [-0.3, -0.25) is 9.59 Å². The highest BCUT2D eigenvalue weighted by Gasteiger charge is 2.19. The second-order valence-electron chi connectivity index (χ2n) is 6.53. The normalized spacial score (nSPS) is 12.3. The minimum absolute atomic E-state index is 0.0844. The molecule has 0 fully saturated rings. The predicted molar refractivity (Wildman–Crippen MR) is 107 cm³/mol. The van der Waals surface area contributed by atoms with Gasteiger partial charge >= 0.3 is 0 Å². The van der Waals surface area contributed by atoms with Crippen molar-refractivity contribution in [1.29, 1.82) is 0 Å². The molecule has 10 heteroatoms. The Labute approximate surface area is 172 Å². The van der Waals surface area contributed by atoms with E-state index < -0.39 is 0 Å². The number of rotatable bonds is 6. The lowest BCUT2D eigenvalue weighted by Gasteiger charge is -2.21. The first kappa shape index (κ1) is 19.4. The monoisotopic (exact) mass is 408 g/mol. The van der Waals surface area contributed by atoms with Gasteiger partial charge in [-0.05, 0) is 47.7 Å². The number of likely N-dealkylation sites (N-methyl/N-ethyl adjacent to an activating group) is 1. The fourth-order valence-electron chi connectivity index (χ4n) is 3.07. The maximum atomic E-state index is 12.9. The molecule has 1 aromatic heterocycles. The first-order valence-corrected chi connectivity index (χ1v) is 9.46. The fourth-order valence-corrected chi connectivity index (χ4v) is 3.07. The largest absolute Gasteiger partial charge is 0.486 e. The number of nitrogens with one attached hydrogen (secondary N) is 1. The number of carbonyl (C=O) groups is 2. The van der Waals surface area contributed by atoms with E-state index in [1.54, 1.807) is 42.5 Å². The second kappa shape index (κ2) is 8.60. The van der Waals surface area contributed by atoms with Crippen LogP contribution in [0.25, 0.3) is 5.69 Å². The van der Waals surface area contributed by atoms with Gasteiger partial charge in [0.1, 0.15) is 26.1 Å². The van der Waals surface area contributed by atoms with Crippen molar-refractivity contribution < 1.29 is 19.1 Å². The van der Waals surface area contributed by atoms with E-state index in [9.17, 15) is 9.59 Å². The quantitative estimate of drug-likeness (QED) is 0.658. The molecule has 2 aromatic carbocycles. The molecule has 2 heterocycles. The van der Waals surface area contributed by atoms with Crippen LogP contribution < -0.4 is 14.8 Å². The van der Waals surface area contributed by atoms with Crippen molar-refractivity contribution in [1.82, 2.24) is 25.1 Å². The molecular formula is C20H20N6O4. The lowest BCUT2D eigenvalue weighted by Crippen LogP contribution is -2.37. The summed E-state index contributed by atoms with van der Waals surface area (Å²) in [6.45, 7) is 3.08. The molecule has 30 heavy (non-hydrogen) atoms. The van der Waals surface area contributed by atoms with Crippen LogP contribution >= 0.6 is 0 Å². The molecule has 0 saturated heterocycles. The Morgan fingerprint density at radius 1 is 1.13 bits per heavy atom. The number of ether oxygens (including phenoxy) is 2. The Hall–Kier alpha value is -3.95. The third kappa shape index (κ3) is 4.22. The molecule has 0 unspecified atom stereocenters. The summed E-state index contributed by atoms with van der Waals surface area (Å²) in [5.41, 5.74) is 1.67. The van der Waals surface area contributed by atoms with Gasteiger partial charge in [-0.15, -0.1) is 5.10 Å². The molecule has 154 valence electrons. The van der Waals surface area contributed by atoms with Crippen molar-refractivity contribution in [2.75, 3.05) is 31.6 Å². The van der Waals surface area contributed by atoms with Gasteiger partial charge in [-0.1, -0.05) is 6.07 Å². The SMILES string of the molecule is CCN(CC(=O)Nc1ccc2c(c1)OCCO2)C(=O)c1cccc(-n2cnnn2)c1. The zero-order chi connectivity index (χ0) is 20.9. The van der Waals surface area contributed by atoms with Crippen LogP contribution in [0, 0.1) is 0 Å². The Morgan fingerprint density at radius 3 is 2.73 bits per heavy atom. The third-order valence-corrected chi connectivity index (χ3v) is 4.54. The topological polar surface area (TPSA) is 111 Å². The molecule has 10 nitrogen and oxygen atoms in total. The predicted octanol–water partition coefficient (Wildman–Crippen LogP) is 1.53. The van der Waals surface area contributed by atoms with Crippen LogP contribution in [-0.2, 0) is 4.79 Å². The molecule has 1 aliphatic rings. The number of carbonyl (C=O) groups excluding carboxylic acids is 2. The Bertz CT molecular complexity index is 1050. The second-order valence-corrected chi connectivity index (χ2v) is 6.53. The number of hydrogen-bond acceptors (Lipinski definition) is 7. The van der Waals surface area contributed by atoms with Crippen molar-refractivity contribution in [2.45, 2.75) is 6.92 Å². The summed E-state index contributed by atoms with van der Waals surface area (Å²) in [6, 6.07) is 12.1. The van der Waals surface area contributed by atoms with Crippen LogP contribution in [0.15, 0.2) is 48.8 Å². The molecule has 2 amide bonds. The lowest BCUT2D eigenvalue weighted by atomic mass is 10.1. The minimum Gasteiger partial charge on any atom is -0.486 e. The van der Waals surface area contributed by atoms with Crippen molar-refractivity contribution in [2.24, 2.45) is 0 Å². The summed E-state index contributed by atoms with van der Waals surface area (Å²) in [5, 5.41) is 13.8. The number of fused-ring (bicyclic) bond motifs is 1. The average molecular weight is 408 g/mol. The Morgan fingerprint density at radius 2 is 1.97 bits per heavy atom. The van der Waals surface area contributed by atoms with Crippen LogP contribution in [0.2, 0.25) is 0 Å². The zero-order valence-corrected chi connectivity index (χ0v) is 16.3. The van der Waals surface area contributed by atoms with Crippen molar-refractivity contribution in [3.8, 4) is 17.2 Å². The molecule has 4 rings (SSSR count). The summed E-state index contributed by atoms with van der Waals surface area (Å²) in [5.74, 6) is 0.664. The van der Waals surface area contributed by atoms with Gasteiger partial charge in [0, 0.05) is 23.9 Å². The molecule has 0 spiro atoms. The van der Waals surface area contributed by atoms with E-state index in [0.29, 0.717) is 48.2 Å². The molecule has 0 atom stereocenters. The number of nitrogens with zero attached hydrogens (tertiary/aromatic N) is 5. The van der Waals surface area contributed by atoms with Gasteiger partial charge in [0.25, 0.3) is 5.91 Å². The van der Waals surface area contributed by atoms with E-state index in [0.717, 1.165) is 0 Å². The lowest BCUT2D eigenvalue weighted by molar-refractivity contribution is -0.116. The summed E-state index contributed by atoms with van der Waals surface area (Å²) in [4.78, 5) is 26.9. The number of tetrazole rings is 1. The number of anilines is 1. The highest BCUT2D eigenvalue weighted by molar-refractivity contribution is 5.99. The highest BCUT2D eigenvalue weighted by atomic mass is 16.6. The van der Waals surface area contributed by atoms with E-state index in [4.69, 9.17) is 9.47 Å². The number of amides is 2. The van der Waals surface area contributed by atoms with E-state index >= 15 is 0 Å². The number of aromatic nitrogens is 4. The summed E-state index contributed by atoms with van der Waals surface area (Å²) < 4.78 is 12.5. The molecule has 1 N–H and O–H groups in total. The van der Waals surface area contributed by atoms with E-state index in [1.165, 1.54) is 15.9 Å². The van der Waals surface area contributed by atoms with E-state index in [2.05, 4.69) is 20.8 Å². The van der Waals surface area contributed by atoms with Gasteiger partial charge in [0.2, 0.25) is 5.91 Å². The van der Waals surface area contributed by atoms with Crippen molar-refractivity contribution >= 4 is 17.5 Å². The minimum atomic E-state index is -0.307. The summed E-state index contributed by atoms with van der Waals surface area (Å²) in [6.07, 6.45) is 1.45. The number of hydrogen-bond donors (Lipinski definition) is 1. The van der Waals surface area contributed by atoms with Crippen molar-refractivity contribution in [3.63, 3.8) is 0 Å². The molecule has 3 aromatic rings. The first-order chi connectivity index (χ1) is 14.6. The van der Waals surface area contributed by atoms with Gasteiger partial charge < -0.3 is 19.7 Å². The van der Waals surface area contributed by atoms with Crippen LogP contribution in [0.4, 0.5) is 5.69 Å². The maximum Gasteiger partial charge on any atom is 0.254 e. The van der Waals surface area contributed by atoms with E-state index in [-0.39, 0.29) is 18.4 Å². The zero-order valence-electron chi connectivity index (χ0n) is 16.3. The first-order valence-electron chi connectivity index (χ1n) is 9.46. The van der Waals surface area contributed by atoms with Gasteiger partial charge in [-0.25, -0.2) is 4.68 Å². The van der Waals surface area contributed by atoms with Crippen LogP contribution in [-0.4, -0.2) is 63.2 Å². The Balaban J connectivity index is 1.43.